The molecule has 3 heterocycles. The summed E-state index contributed by atoms with van der Waals surface area (Å²) in [6.07, 6.45) is 6.21. The largest absolute Gasteiger partial charge is 0.479 e. The second-order valence-electron chi connectivity index (χ2n) is 4.93. The molecule has 0 aliphatic carbocycles. The lowest BCUT2D eigenvalue weighted by molar-refractivity contribution is -0.118. The summed E-state index contributed by atoms with van der Waals surface area (Å²) in [6.45, 7) is 0.0117. The Morgan fingerprint density at radius 3 is 3.08 bits per heavy atom. The Balaban J connectivity index is 1.65. The van der Waals surface area contributed by atoms with E-state index in [0.29, 0.717) is 5.56 Å². The number of amides is 2. The summed E-state index contributed by atoms with van der Waals surface area (Å²) < 4.78 is 11.6. The number of aryl methyl sites for hydroxylation is 1. The van der Waals surface area contributed by atoms with Gasteiger partial charge in [0.2, 0.25) is 11.8 Å². The first-order valence-corrected chi connectivity index (χ1v) is 7.01. The van der Waals surface area contributed by atoms with Crippen molar-refractivity contribution in [2.24, 2.45) is 12.0 Å². The van der Waals surface area contributed by atoms with Crippen molar-refractivity contribution in [1.82, 2.24) is 25.2 Å². The minimum atomic E-state index is -0.665. The molecule has 0 spiro atoms. The molecule has 10 nitrogen and oxygen atoms in total. The van der Waals surface area contributed by atoms with E-state index >= 15 is 0 Å². The Labute approximate surface area is 136 Å². The SMILES string of the molecule is COc1nn(C)cc1C(=O)NCc1nc(C2C=CC=NC2=O)no1. The molecule has 124 valence electrons. The van der Waals surface area contributed by atoms with Gasteiger partial charge in [-0.15, -0.1) is 5.10 Å². The molecule has 1 atom stereocenters. The molecule has 0 aromatic carbocycles. The zero-order valence-corrected chi connectivity index (χ0v) is 13.0. The number of carbonyl (C=O) groups excluding carboxylic acids is 2. The molecule has 2 aromatic rings. The Kier molecular flexibility index (Phi) is 4.18. The van der Waals surface area contributed by atoms with Gasteiger partial charge in [0.1, 0.15) is 11.5 Å². The highest BCUT2D eigenvalue weighted by Gasteiger charge is 2.24. The zero-order valence-electron chi connectivity index (χ0n) is 13.0. The molecule has 10 heteroatoms. The number of carbonyl (C=O) groups is 2. The van der Waals surface area contributed by atoms with Crippen LogP contribution in [0.2, 0.25) is 0 Å². The van der Waals surface area contributed by atoms with Crippen LogP contribution in [0.15, 0.2) is 27.9 Å². The summed E-state index contributed by atoms with van der Waals surface area (Å²) in [5.41, 5.74) is 0.291. The van der Waals surface area contributed by atoms with E-state index in [-0.39, 0.29) is 30.0 Å². The van der Waals surface area contributed by atoms with Crippen molar-refractivity contribution in [2.45, 2.75) is 12.5 Å². The third kappa shape index (κ3) is 3.07. The van der Waals surface area contributed by atoms with E-state index in [9.17, 15) is 9.59 Å². The second-order valence-corrected chi connectivity index (χ2v) is 4.93. The topological polar surface area (TPSA) is 124 Å². The van der Waals surface area contributed by atoms with Crippen LogP contribution in [0.5, 0.6) is 5.88 Å². The molecule has 1 aliphatic heterocycles. The summed E-state index contributed by atoms with van der Waals surface area (Å²) in [5, 5.41) is 10.4. The van der Waals surface area contributed by atoms with Crippen LogP contribution in [0, 0.1) is 0 Å². The van der Waals surface area contributed by atoms with Crippen molar-refractivity contribution in [3.05, 3.63) is 35.6 Å². The van der Waals surface area contributed by atoms with Gasteiger partial charge >= 0.3 is 0 Å². The number of methoxy groups -OCH3 is 1. The van der Waals surface area contributed by atoms with Crippen molar-refractivity contribution in [3.8, 4) is 5.88 Å². The van der Waals surface area contributed by atoms with Crippen molar-refractivity contribution in [1.29, 1.82) is 0 Å². The molecule has 0 bridgehead atoms. The van der Waals surface area contributed by atoms with Crippen LogP contribution in [0.25, 0.3) is 0 Å². The quantitative estimate of drug-likeness (QED) is 0.817. The number of ether oxygens (including phenoxy) is 1. The zero-order chi connectivity index (χ0) is 17.1. The average Bonchev–Trinajstić information content (AvgIpc) is 3.19. The van der Waals surface area contributed by atoms with Crippen LogP contribution in [-0.2, 0) is 18.4 Å². The van der Waals surface area contributed by atoms with Gasteiger partial charge in [0.15, 0.2) is 5.82 Å². The van der Waals surface area contributed by atoms with E-state index in [4.69, 9.17) is 9.26 Å². The Hall–Kier alpha value is -3.30. The van der Waals surface area contributed by atoms with E-state index < -0.39 is 11.8 Å². The van der Waals surface area contributed by atoms with Crippen molar-refractivity contribution >= 4 is 18.0 Å². The minimum absolute atomic E-state index is 0.0117. The Bertz CT molecular complexity index is 834. The molecule has 0 radical (unpaired) electrons. The van der Waals surface area contributed by atoms with E-state index in [1.54, 1.807) is 19.2 Å². The molecule has 0 saturated heterocycles. The number of allylic oxidation sites excluding steroid dienone is 1. The smallest absolute Gasteiger partial charge is 0.260 e. The van der Waals surface area contributed by atoms with Crippen LogP contribution >= 0.6 is 0 Å². The fourth-order valence-corrected chi connectivity index (χ4v) is 2.13. The molecule has 24 heavy (non-hydrogen) atoms. The highest BCUT2D eigenvalue weighted by molar-refractivity contribution is 5.97. The van der Waals surface area contributed by atoms with E-state index in [1.165, 1.54) is 24.2 Å². The maximum atomic E-state index is 12.2. The van der Waals surface area contributed by atoms with E-state index in [0.717, 1.165) is 0 Å². The highest BCUT2D eigenvalue weighted by Crippen LogP contribution is 2.18. The second kappa shape index (κ2) is 6.44. The van der Waals surface area contributed by atoms with Crippen molar-refractivity contribution in [3.63, 3.8) is 0 Å². The van der Waals surface area contributed by atoms with Crippen LogP contribution in [0.1, 0.15) is 28.0 Å². The fraction of sp³-hybridized carbons (Fsp3) is 0.286. The maximum absolute atomic E-state index is 12.2. The number of hydrogen-bond acceptors (Lipinski definition) is 7. The van der Waals surface area contributed by atoms with Crippen LogP contribution in [0.4, 0.5) is 0 Å². The van der Waals surface area contributed by atoms with Crippen LogP contribution in [0.3, 0.4) is 0 Å². The number of nitrogens with one attached hydrogen (secondary N) is 1. The van der Waals surface area contributed by atoms with Crippen molar-refractivity contribution in [2.75, 3.05) is 7.11 Å². The predicted molar refractivity (Wildman–Crippen MR) is 80.6 cm³/mol. The summed E-state index contributed by atoms with van der Waals surface area (Å²) in [6, 6.07) is 0. The molecular formula is C14H14N6O4. The third-order valence-electron chi connectivity index (χ3n) is 3.25. The van der Waals surface area contributed by atoms with Crippen LogP contribution < -0.4 is 10.1 Å². The maximum Gasteiger partial charge on any atom is 0.260 e. The monoisotopic (exact) mass is 330 g/mol. The lowest BCUT2D eigenvalue weighted by Crippen LogP contribution is -2.23. The molecule has 3 rings (SSSR count). The first-order chi connectivity index (χ1) is 11.6. The van der Waals surface area contributed by atoms with Crippen LogP contribution in [-0.4, -0.2) is 45.1 Å². The van der Waals surface area contributed by atoms with Gasteiger partial charge in [-0.25, -0.2) is 4.99 Å². The Morgan fingerprint density at radius 2 is 2.33 bits per heavy atom. The van der Waals surface area contributed by atoms with Crippen molar-refractivity contribution < 1.29 is 18.8 Å². The van der Waals surface area contributed by atoms with Gasteiger partial charge in [-0.3, -0.25) is 14.3 Å². The molecule has 0 fully saturated rings. The van der Waals surface area contributed by atoms with Gasteiger partial charge in [-0.05, 0) is 6.08 Å². The van der Waals surface area contributed by atoms with Gasteiger partial charge in [0.25, 0.3) is 11.8 Å². The molecule has 2 aromatic heterocycles. The number of aromatic nitrogens is 4. The number of hydrogen-bond donors (Lipinski definition) is 1. The van der Waals surface area contributed by atoms with Gasteiger partial charge < -0.3 is 14.6 Å². The lowest BCUT2D eigenvalue weighted by atomic mass is 10.1. The fourth-order valence-electron chi connectivity index (χ4n) is 2.13. The molecule has 1 N–H and O–H groups in total. The summed E-state index contributed by atoms with van der Waals surface area (Å²) in [4.78, 5) is 31.6. The number of aliphatic imine (C=N–C) groups is 1. The molecule has 0 saturated carbocycles. The predicted octanol–water partition coefficient (Wildman–Crippen LogP) is -0.00750. The number of dihydropyridines is 1. The normalized spacial score (nSPS) is 16.4. The number of rotatable bonds is 5. The summed E-state index contributed by atoms with van der Waals surface area (Å²) in [5.74, 6) is -0.821. The Morgan fingerprint density at radius 1 is 1.50 bits per heavy atom. The van der Waals surface area contributed by atoms with E-state index in [2.05, 4.69) is 25.5 Å². The van der Waals surface area contributed by atoms with Gasteiger partial charge in [0.05, 0.1) is 13.7 Å². The molecular weight excluding hydrogens is 316 g/mol. The summed E-state index contributed by atoms with van der Waals surface area (Å²) >= 11 is 0. The molecule has 1 aliphatic rings. The summed E-state index contributed by atoms with van der Waals surface area (Å²) in [7, 11) is 3.11. The number of nitrogens with zero attached hydrogens (tertiary/aromatic N) is 5. The van der Waals surface area contributed by atoms with Gasteiger partial charge in [-0.1, -0.05) is 11.2 Å². The molecule has 1 unspecified atom stereocenters. The first-order valence-electron chi connectivity index (χ1n) is 7.01. The standard InChI is InChI=1S/C14H14N6O4/c1-20-7-9(14(18-20)23-2)13(22)16-6-10-17-11(19-24-10)8-4-3-5-15-12(8)21/h3-5,7-8H,6H2,1-2H3,(H,16,22). The third-order valence-corrected chi connectivity index (χ3v) is 3.25. The first kappa shape index (κ1) is 15.6. The van der Waals surface area contributed by atoms with E-state index in [1.807, 2.05) is 0 Å². The van der Waals surface area contributed by atoms with Gasteiger partial charge in [0, 0.05) is 19.5 Å². The minimum Gasteiger partial charge on any atom is -0.479 e. The lowest BCUT2D eigenvalue weighted by Gasteiger charge is -2.04. The average molecular weight is 330 g/mol. The molecule has 2 amide bonds. The van der Waals surface area contributed by atoms with Gasteiger partial charge in [-0.2, -0.15) is 4.98 Å². The highest BCUT2D eigenvalue weighted by atomic mass is 16.5.